The lowest BCUT2D eigenvalue weighted by Crippen LogP contribution is -2.42. The van der Waals surface area contributed by atoms with Crippen LogP contribution in [-0.4, -0.2) is 16.2 Å². The minimum Gasteiger partial charge on any atom is -0.481 e. The Kier molecular flexibility index (Phi) is 3.52. The second-order valence-corrected chi connectivity index (χ2v) is 5.64. The lowest BCUT2D eigenvalue weighted by molar-refractivity contribution is -0.147. The molecule has 2 aromatic rings. The molecule has 1 saturated carbocycles. The minimum atomic E-state index is -0.735. The van der Waals surface area contributed by atoms with Crippen LogP contribution in [0.3, 0.4) is 0 Å². The number of carboxylic acid groups (broad SMARTS) is 1. The van der Waals surface area contributed by atoms with Crippen molar-refractivity contribution in [1.82, 2.24) is 0 Å². The first-order valence-corrected chi connectivity index (χ1v) is 7.20. The average Bonchev–Trinajstić information content (AvgIpc) is 2.46. The molecule has 21 heavy (non-hydrogen) atoms. The van der Waals surface area contributed by atoms with Gasteiger partial charge in [0, 0.05) is 0 Å². The van der Waals surface area contributed by atoms with Gasteiger partial charge in [-0.2, -0.15) is 0 Å². The third-order valence-corrected chi connectivity index (χ3v) is 4.53. The predicted molar refractivity (Wildman–Crippen MR) is 81.0 cm³/mol. The molecule has 1 aliphatic carbocycles. The maximum atomic E-state index is 11.6. The molecular weight excluding hydrogens is 264 g/mol. The molecule has 0 atom stereocenters. The summed E-state index contributed by atoms with van der Waals surface area (Å²) < 4.78 is 0. The van der Waals surface area contributed by atoms with E-state index in [2.05, 4.69) is 0 Å². The molecule has 0 amide bonds. The van der Waals surface area contributed by atoms with Crippen LogP contribution in [-0.2, 0) is 16.8 Å². The van der Waals surface area contributed by atoms with Crippen molar-refractivity contribution in [3.63, 3.8) is 0 Å². The van der Waals surface area contributed by atoms with Gasteiger partial charge < -0.3 is 10.2 Å². The van der Waals surface area contributed by atoms with Gasteiger partial charge in [0.2, 0.25) is 0 Å². The van der Waals surface area contributed by atoms with Gasteiger partial charge in [-0.3, -0.25) is 4.79 Å². The summed E-state index contributed by atoms with van der Waals surface area (Å²) in [6.45, 7) is -0.0233. The number of aliphatic hydroxyl groups excluding tert-OH is 1. The van der Waals surface area contributed by atoms with Crippen LogP contribution < -0.4 is 0 Å². The van der Waals surface area contributed by atoms with E-state index < -0.39 is 11.4 Å². The maximum Gasteiger partial charge on any atom is 0.314 e. The molecule has 0 saturated heterocycles. The smallest absolute Gasteiger partial charge is 0.314 e. The number of hydrogen-bond acceptors (Lipinski definition) is 2. The molecule has 0 aliphatic heterocycles. The number of aliphatic hydroxyl groups is 1. The highest BCUT2D eigenvalue weighted by Gasteiger charge is 2.45. The fourth-order valence-corrected chi connectivity index (χ4v) is 3.08. The van der Waals surface area contributed by atoms with Crippen molar-refractivity contribution in [2.24, 2.45) is 0 Å². The van der Waals surface area contributed by atoms with E-state index in [1.807, 2.05) is 48.5 Å². The number of benzene rings is 2. The highest BCUT2D eigenvalue weighted by molar-refractivity contribution is 5.83. The molecule has 0 bridgehead atoms. The van der Waals surface area contributed by atoms with Gasteiger partial charge in [0.1, 0.15) is 0 Å². The second kappa shape index (κ2) is 5.34. The van der Waals surface area contributed by atoms with Gasteiger partial charge in [0.05, 0.1) is 12.0 Å². The number of hydrogen-bond donors (Lipinski definition) is 2. The third-order valence-electron chi connectivity index (χ3n) is 4.53. The van der Waals surface area contributed by atoms with Crippen LogP contribution in [0.1, 0.15) is 30.4 Å². The molecule has 1 fully saturated rings. The molecule has 1 aliphatic rings. The van der Waals surface area contributed by atoms with E-state index in [4.69, 9.17) is 0 Å². The molecule has 0 unspecified atom stereocenters. The Morgan fingerprint density at radius 1 is 1.10 bits per heavy atom. The van der Waals surface area contributed by atoms with E-state index >= 15 is 0 Å². The summed E-state index contributed by atoms with van der Waals surface area (Å²) in [6.07, 6.45) is 2.37. The van der Waals surface area contributed by atoms with E-state index in [9.17, 15) is 15.0 Å². The van der Waals surface area contributed by atoms with Gasteiger partial charge in [0.25, 0.3) is 0 Å². The molecule has 0 radical (unpaired) electrons. The maximum absolute atomic E-state index is 11.6. The van der Waals surface area contributed by atoms with E-state index in [0.717, 1.165) is 28.7 Å². The van der Waals surface area contributed by atoms with E-state index in [-0.39, 0.29) is 6.61 Å². The van der Waals surface area contributed by atoms with Gasteiger partial charge in [-0.25, -0.2) is 0 Å². The van der Waals surface area contributed by atoms with Crippen LogP contribution in [0.5, 0.6) is 0 Å². The normalized spacial score (nSPS) is 16.2. The van der Waals surface area contributed by atoms with Gasteiger partial charge in [-0.05, 0) is 41.2 Å². The lowest BCUT2D eigenvalue weighted by atomic mass is 9.64. The van der Waals surface area contributed by atoms with Gasteiger partial charge in [-0.1, -0.05) is 48.9 Å². The Morgan fingerprint density at radius 3 is 2.48 bits per heavy atom. The van der Waals surface area contributed by atoms with E-state index in [0.29, 0.717) is 12.8 Å². The van der Waals surface area contributed by atoms with Crippen molar-refractivity contribution in [1.29, 1.82) is 0 Å². The minimum absolute atomic E-state index is 0.0233. The van der Waals surface area contributed by atoms with Crippen molar-refractivity contribution in [3.8, 4) is 11.1 Å². The van der Waals surface area contributed by atoms with Crippen molar-refractivity contribution in [3.05, 3.63) is 59.7 Å². The number of aliphatic carboxylic acids is 1. The molecule has 2 aromatic carbocycles. The highest BCUT2D eigenvalue weighted by Crippen LogP contribution is 2.44. The SMILES string of the molecule is O=C(O)C1(c2cccc(-c3ccccc3CO)c2)CCC1. The molecular formula is C18H18O3. The molecule has 0 heterocycles. The Bertz CT molecular complexity index is 672. The predicted octanol–water partition coefficient (Wildman–Crippen LogP) is 3.35. The lowest BCUT2D eigenvalue weighted by Gasteiger charge is -2.38. The molecule has 3 heteroatoms. The molecule has 0 aromatic heterocycles. The summed E-state index contributed by atoms with van der Waals surface area (Å²) in [5.41, 5.74) is 2.93. The van der Waals surface area contributed by atoms with Crippen LogP contribution in [0.4, 0.5) is 0 Å². The standard InChI is InChI=1S/C18H18O3/c19-12-14-5-1-2-8-16(14)13-6-3-7-15(11-13)18(17(20)21)9-4-10-18/h1-3,5-8,11,19H,4,9-10,12H2,(H,20,21). The average molecular weight is 282 g/mol. The molecule has 2 N–H and O–H groups in total. The van der Waals surface area contributed by atoms with Crippen molar-refractivity contribution < 1.29 is 15.0 Å². The Morgan fingerprint density at radius 2 is 1.86 bits per heavy atom. The first-order valence-electron chi connectivity index (χ1n) is 7.20. The zero-order valence-electron chi connectivity index (χ0n) is 11.7. The summed E-state index contributed by atoms with van der Waals surface area (Å²) in [5, 5.41) is 19.0. The van der Waals surface area contributed by atoms with Gasteiger partial charge in [0.15, 0.2) is 0 Å². The van der Waals surface area contributed by atoms with Gasteiger partial charge >= 0.3 is 5.97 Å². The first-order chi connectivity index (χ1) is 10.2. The fraction of sp³-hybridized carbons (Fsp3) is 0.278. The number of rotatable bonds is 4. The first kappa shape index (κ1) is 13.8. The quantitative estimate of drug-likeness (QED) is 0.904. The summed E-state index contributed by atoms with van der Waals surface area (Å²) in [4.78, 5) is 11.6. The van der Waals surface area contributed by atoms with Gasteiger partial charge in [-0.15, -0.1) is 0 Å². The summed E-state index contributed by atoms with van der Waals surface area (Å²) in [5.74, 6) is -0.735. The zero-order chi connectivity index (χ0) is 14.9. The second-order valence-electron chi connectivity index (χ2n) is 5.64. The Balaban J connectivity index is 2.07. The van der Waals surface area contributed by atoms with Crippen LogP contribution in [0.2, 0.25) is 0 Å². The van der Waals surface area contributed by atoms with Crippen molar-refractivity contribution >= 4 is 5.97 Å². The summed E-state index contributed by atoms with van der Waals surface area (Å²) in [7, 11) is 0. The van der Waals surface area contributed by atoms with Crippen LogP contribution in [0.15, 0.2) is 48.5 Å². The highest BCUT2D eigenvalue weighted by atomic mass is 16.4. The van der Waals surface area contributed by atoms with E-state index in [1.54, 1.807) is 0 Å². The number of carboxylic acids is 1. The van der Waals surface area contributed by atoms with Crippen molar-refractivity contribution in [2.45, 2.75) is 31.3 Å². The Labute approximate surface area is 123 Å². The molecule has 3 nitrogen and oxygen atoms in total. The fourth-order valence-electron chi connectivity index (χ4n) is 3.08. The van der Waals surface area contributed by atoms with Crippen molar-refractivity contribution in [2.75, 3.05) is 0 Å². The molecule has 108 valence electrons. The topological polar surface area (TPSA) is 57.5 Å². The van der Waals surface area contributed by atoms with Crippen LogP contribution in [0, 0.1) is 0 Å². The van der Waals surface area contributed by atoms with E-state index in [1.165, 1.54) is 0 Å². The summed E-state index contributed by atoms with van der Waals surface area (Å²) >= 11 is 0. The molecule has 0 spiro atoms. The monoisotopic (exact) mass is 282 g/mol. The third kappa shape index (κ3) is 2.24. The molecule has 3 rings (SSSR count). The summed E-state index contributed by atoms with van der Waals surface area (Å²) in [6, 6.07) is 15.4. The zero-order valence-corrected chi connectivity index (χ0v) is 11.7. The van der Waals surface area contributed by atoms with Crippen LogP contribution in [0.25, 0.3) is 11.1 Å². The number of carbonyl (C=O) groups is 1. The Hall–Kier alpha value is -2.13. The van der Waals surface area contributed by atoms with Crippen LogP contribution >= 0.6 is 0 Å². The largest absolute Gasteiger partial charge is 0.481 e.